The van der Waals surface area contributed by atoms with Gasteiger partial charge in [-0.05, 0) is 21.8 Å². The summed E-state index contributed by atoms with van der Waals surface area (Å²) in [5, 5.41) is 11.5. The van der Waals surface area contributed by atoms with Gasteiger partial charge in [-0.2, -0.15) is 0 Å². The number of hydrogen-bond acceptors (Lipinski definition) is 3. The van der Waals surface area contributed by atoms with Gasteiger partial charge in [-0.3, -0.25) is 10.1 Å². The van der Waals surface area contributed by atoms with Gasteiger partial charge in [-0.15, -0.1) is 0 Å². The molecule has 0 aromatic heterocycles. The van der Waals surface area contributed by atoms with E-state index in [0.29, 0.717) is 5.33 Å². The molecule has 0 N–H and O–H groups in total. The van der Waals surface area contributed by atoms with E-state index in [9.17, 15) is 14.5 Å². The summed E-state index contributed by atoms with van der Waals surface area (Å²) in [5.41, 5.74) is -0.250. The predicted molar refractivity (Wildman–Crippen MR) is 69.2 cm³/mol. The molecule has 94 valence electrons. The number of ether oxygens (including phenoxy) is 1. The number of benzene rings is 1. The van der Waals surface area contributed by atoms with Gasteiger partial charge in [-0.25, -0.2) is 4.39 Å². The smallest absolute Gasteiger partial charge is 0.312 e. The SMILES string of the molecule is CC(CBr)COc1cc(F)c(Br)cc1[N+](=O)[O-]. The number of alkyl halides is 1. The van der Waals surface area contributed by atoms with Crippen LogP contribution in [0.3, 0.4) is 0 Å². The van der Waals surface area contributed by atoms with Crippen molar-refractivity contribution in [2.45, 2.75) is 6.92 Å². The van der Waals surface area contributed by atoms with Crippen LogP contribution >= 0.6 is 31.9 Å². The molecule has 1 rings (SSSR count). The largest absolute Gasteiger partial charge is 0.486 e. The zero-order valence-corrected chi connectivity index (χ0v) is 12.1. The molecule has 0 amide bonds. The van der Waals surface area contributed by atoms with Crippen LogP contribution in [0.4, 0.5) is 10.1 Å². The Balaban J connectivity index is 2.96. The lowest BCUT2D eigenvalue weighted by molar-refractivity contribution is -0.386. The van der Waals surface area contributed by atoms with Gasteiger partial charge in [-0.1, -0.05) is 22.9 Å². The van der Waals surface area contributed by atoms with Gasteiger partial charge in [0.1, 0.15) is 5.82 Å². The van der Waals surface area contributed by atoms with Crippen LogP contribution in [0.5, 0.6) is 5.75 Å². The Morgan fingerprint density at radius 3 is 2.76 bits per heavy atom. The van der Waals surface area contributed by atoms with Crippen LogP contribution in [0.1, 0.15) is 6.92 Å². The molecule has 0 heterocycles. The molecule has 0 saturated carbocycles. The lowest BCUT2D eigenvalue weighted by Crippen LogP contribution is -2.10. The monoisotopic (exact) mass is 369 g/mol. The Kier molecular flexibility index (Phi) is 5.32. The average Bonchev–Trinajstić information content (AvgIpc) is 2.29. The fraction of sp³-hybridized carbons (Fsp3) is 0.400. The van der Waals surface area contributed by atoms with E-state index in [-0.39, 0.29) is 28.4 Å². The van der Waals surface area contributed by atoms with E-state index >= 15 is 0 Å². The maximum Gasteiger partial charge on any atom is 0.312 e. The zero-order valence-electron chi connectivity index (χ0n) is 8.95. The van der Waals surface area contributed by atoms with E-state index in [1.807, 2.05) is 6.92 Å². The summed E-state index contributed by atoms with van der Waals surface area (Å²) < 4.78 is 18.6. The normalized spacial score (nSPS) is 12.2. The molecule has 17 heavy (non-hydrogen) atoms. The predicted octanol–water partition coefficient (Wildman–Crippen LogP) is 3.91. The quantitative estimate of drug-likeness (QED) is 0.448. The molecule has 0 radical (unpaired) electrons. The van der Waals surface area contributed by atoms with Gasteiger partial charge in [0.25, 0.3) is 0 Å². The molecule has 0 bridgehead atoms. The first-order chi connectivity index (χ1) is 7.95. The lowest BCUT2D eigenvalue weighted by atomic mass is 10.2. The van der Waals surface area contributed by atoms with Crippen molar-refractivity contribution in [2.24, 2.45) is 5.92 Å². The number of halogens is 3. The van der Waals surface area contributed by atoms with Crippen LogP contribution in [0.15, 0.2) is 16.6 Å². The molecular weight excluding hydrogens is 361 g/mol. The highest BCUT2D eigenvalue weighted by molar-refractivity contribution is 9.10. The number of nitro benzene ring substituents is 1. The Bertz CT molecular complexity index is 428. The van der Waals surface area contributed by atoms with Gasteiger partial charge < -0.3 is 4.74 Å². The third-order valence-corrected chi connectivity index (χ3v) is 3.70. The van der Waals surface area contributed by atoms with Crippen LogP contribution in [-0.4, -0.2) is 16.9 Å². The minimum absolute atomic E-state index is 0.0464. The minimum Gasteiger partial charge on any atom is -0.486 e. The van der Waals surface area contributed by atoms with Crippen molar-refractivity contribution in [1.29, 1.82) is 0 Å². The van der Waals surface area contributed by atoms with Crippen molar-refractivity contribution in [1.82, 2.24) is 0 Å². The Morgan fingerprint density at radius 1 is 1.59 bits per heavy atom. The molecule has 0 spiro atoms. The van der Waals surface area contributed by atoms with Crippen LogP contribution < -0.4 is 4.74 Å². The first-order valence-corrected chi connectivity index (χ1v) is 6.69. The maximum atomic E-state index is 13.3. The Labute approximate surface area is 115 Å². The van der Waals surface area contributed by atoms with E-state index in [4.69, 9.17) is 4.74 Å². The highest BCUT2D eigenvalue weighted by Gasteiger charge is 2.19. The molecule has 0 aliphatic rings. The summed E-state index contributed by atoms with van der Waals surface area (Å²) in [7, 11) is 0. The van der Waals surface area contributed by atoms with Crippen molar-refractivity contribution in [3.63, 3.8) is 0 Å². The summed E-state index contributed by atoms with van der Waals surface area (Å²) in [6, 6.07) is 2.12. The van der Waals surface area contributed by atoms with Crippen LogP contribution in [-0.2, 0) is 0 Å². The summed E-state index contributed by atoms with van der Waals surface area (Å²) in [6.45, 7) is 2.20. The highest BCUT2D eigenvalue weighted by Crippen LogP contribution is 2.32. The summed E-state index contributed by atoms with van der Waals surface area (Å²) in [6.07, 6.45) is 0. The number of nitro groups is 1. The second-order valence-electron chi connectivity index (χ2n) is 3.56. The minimum atomic E-state index is -0.599. The molecule has 1 aromatic carbocycles. The Morgan fingerprint density at radius 2 is 2.24 bits per heavy atom. The van der Waals surface area contributed by atoms with Crippen molar-refractivity contribution < 1.29 is 14.1 Å². The number of hydrogen-bond donors (Lipinski definition) is 0. The van der Waals surface area contributed by atoms with Gasteiger partial charge in [0.15, 0.2) is 5.75 Å². The molecule has 0 saturated heterocycles. The third kappa shape index (κ3) is 3.92. The average molecular weight is 371 g/mol. The van der Waals surface area contributed by atoms with E-state index in [1.165, 1.54) is 0 Å². The first-order valence-electron chi connectivity index (χ1n) is 4.78. The van der Waals surface area contributed by atoms with Crippen molar-refractivity contribution in [2.75, 3.05) is 11.9 Å². The molecule has 0 aliphatic heterocycles. The lowest BCUT2D eigenvalue weighted by Gasteiger charge is -2.10. The topological polar surface area (TPSA) is 52.4 Å². The molecule has 1 aromatic rings. The molecule has 1 unspecified atom stereocenters. The number of rotatable bonds is 5. The highest BCUT2D eigenvalue weighted by atomic mass is 79.9. The standard InChI is InChI=1S/C10H10Br2FNO3/c1-6(4-11)5-17-10-3-8(13)7(12)2-9(10)14(15)16/h2-3,6H,4-5H2,1H3. The van der Waals surface area contributed by atoms with E-state index in [2.05, 4.69) is 31.9 Å². The van der Waals surface area contributed by atoms with Gasteiger partial charge in [0.2, 0.25) is 0 Å². The first kappa shape index (κ1) is 14.4. The third-order valence-electron chi connectivity index (χ3n) is 1.99. The van der Waals surface area contributed by atoms with Crippen LogP contribution in [0.2, 0.25) is 0 Å². The van der Waals surface area contributed by atoms with Crippen molar-refractivity contribution in [3.05, 3.63) is 32.5 Å². The van der Waals surface area contributed by atoms with Gasteiger partial charge in [0.05, 0.1) is 16.0 Å². The molecule has 1 atom stereocenters. The molecular formula is C10H10Br2FNO3. The summed E-state index contributed by atoms with van der Waals surface area (Å²) in [5.74, 6) is -0.457. The molecule has 7 heteroatoms. The van der Waals surface area contributed by atoms with Crippen molar-refractivity contribution >= 4 is 37.5 Å². The van der Waals surface area contributed by atoms with Crippen LogP contribution in [0, 0.1) is 21.8 Å². The summed E-state index contributed by atoms with van der Waals surface area (Å²) in [4.78, 5) is 10.2. The van der Waals surface area contributed by atoms with Crippen LogP contribution in [0.25, 0.3) is 0 Å². The summed E-state index contributed by atoms with van der Waals surface area (Å²) >= 11 is 6.17. The fourth-order valence-electron chi connectivity index (χ4n) is 1.05. The second-order valence-corrected chi connectivity index (χ2v) is 5.06. The van der Waals surface area contributed by atoms with Gasteiger partial charge >= 0.3 is 5.69 Å². The maximum absolute atomic E-state index is 13.3. The van der Waals surface area contributed by atoms with Gasteiger partial charge in [0, 0.05) is 17.5 Å². The number of nitrogens with zero attached hydrogens (tertiary/aromatic N) is 1. The molecule has 0 fully saturated rings. The fourth-order valence-corrected chi connectivity index (χ4v) is 1.57. The van der Waals surface area contributed by atoms with E-state index in [1.54, 1.807) is 0 Å². The van der Waals surface area contributed by atoms with Crippen molar-refractivity contribution in [3.8, 4) is 5.75 Å². The van der Waals surface area contributed by atoms with E-state index < -0.39 is 10.7 Å². The Hall–Kier alpha value is -0.690. The zero-order chi connectivity index (χ0) is 13.0. The molecule has 4 nitrogen and oxygen atoms in total. The van der Waals surface area contributed by atoms with E-state index in [0.717, 1.165) is 12.1 Å². The molecule has 0 aliphatic carbocycles. The second kappa shape index (κ2) is 6.30.